The van der Waals surface area contributed by atoms with E-state index in [1.807, 2.05) is 6.07 Å². The summed E-state index contributed by atoms with van der Waals surface area (Å²) in [5.74, 6) is -2.50. The lowest BCUT2D eigenvalue weighted by Gasteiger charge is -2.11. The molecular formula is C17H19N3O6. The molecule has 0 fully saturated rings. The molecule has 1 aromatic rings. The third-order valence-corrected chi connectivity index (χ3v) is 3.36. The fraction of sp³-hybridized carbons (Fsp3) is 0.294. The number of nitrogens with one attached hydrogen (secondary N) is 2. The van der Waals surface area contributed by atoms with Gasteiger partial charge >= 0.3 is 5.97 Å². The lowest BCUT2D eigenvalue weighted by Crippen LogP contribution is -2.38. The Kier molecular flexibility index (Phi) is 6.31. The zero-order valence-corrected chi connectivity index (χ0v) is 14.4. The second kappa shape index (κ2) is 8.65. The van der Waals surface area contributed by atoms with Crippen LogP contribution in [0.15, 0.2) is 41.8 Å². The Balaban J connectivity index is 1.93. The molecule has 0 saturated carbocycles. The molecule has 0 saturated heterocycles. The minimum atomic E-state index is -0.972. The van der Waals surface area contributed by atoms with Gasteiger partial charge in [0.05, 0.1) is 6.54 Å². The maximum absolute atomic E-state index is 12.1. The number of ether oxygens (including phenoxy) is 2. The minimum absolute atomic E-state index is 0.0191. The molecule has 1 aromatic carbocycles. The molecule has 0 unspecified atom stereocenters. The zero-order chi connectivity index (χ0) is 19.1. The monoisotopic (exact) mass is 361 g/mol. The van der Waals surface area contributed by atoms with E-state index in [0.29, 0.717) is 5.69 Å². The number of benzene rings is 1. The average molecular weight is 361 g/mol. The molecule has 1 aliphatic heterocycles. The van der Waals surface area contributed by atoms with Gasteiger partial charge in [-0.3, -0.25) is 14.4 Å². The number of amides is 2. The molecule has 0 radical (unpaired) electrons. The number of hydrogen-bond donors (Lipinski definition) is 2. The second-order valence-electron chi connectivity index (χ2n) is 5.55. The van der Waals surface area contributed by atoms with Crippen LogP contribution in [0.2, 0.25) is 0 Å². The Labute approximate surface area is 149 Å². The van der Waals surface area contributed by atoms with Gasteiger partial charge in [-0.1, -0.05) is 18.2 Å². The van der Waals surface area contributed by atoms with E-state index < -0.39 is 24.3 Å². The molecule has 2 N–H and O–H groups in total. The van der Waals surface area contributed by atoms with Crippen molar-refractivity contribution >= 4 is 29.3 Å². The Hall–Kier alpha value is -3.36. The van der Waals surface area contributed by atoms with Crippen LogP contribution in [-0.2, 0) is 28.7 Å². The molecule has 2 amide bonds. The minimum Gasteiger partial charge on any atom is -0.470 e. The molecule has 0 aliphatic carbocycles. The van der Waals surface area contributed by atoms with Crippen molar-refractivity contribution in [2.45, 2.75) is 0 Å². The molecular weight excluding hydrogens is 342 g/mol. The highest BCUT2D eigenvalue weighted by atomic mass is 16.5. The maximum atomic E-state index is 12.1. The van der Waals surface area contributed by atoms with Crippen LogP contribution in [0.5, 0.6) is 0 Å². The van der Waals surface area contributed by atoms with Gasteiger partial charge in [-0.25, -0.2) is 4.79 Å². The predicted molar refractivity (Wildman–Crippen MR) is 90.7 cm³/mol. The fourth-order valence-corrected chi connectivity index (χ4v) is 1.95. The topological polar surface area (TPSA) is 114 Å². The Morgan fingerprint density at radius 2 is 1.88 bits per heavy atom. The summed E-state index contributed by atoms with van der Waals surface area (Å²) in [5.41, 5.74) is 0.341. The molecule has 2 rings (SSSR count). The lowest BCUT2D eigenvalue weighted by molar-refractivity contribution is -0.145. The number of Topliss-reactive ketones (excluding diaryl/α,β-unsaturated/α-hetero) is 1. The number of hydrogen-bond acceptors (Lipinski definition) is 7. The Bertz CT molecular complexity index is 742. The Morgan fingerprint density at radius 1 is 1.19 bits per heavy atom. The van der Waals surface area contributed by atoms with E-state index >= 15 is 0 Å². The summed E-state index contributed by atoms with van der Waals surface area (Å²) in [4.78, 5) is 48.3. The summed E-state index contributed by atoms with van der Waals surface area (Å²) in [6.07, 6.45) is 0. The van der Waals surface area contributed by atoms with E-state index in [-0.39, 0.29) is 30.5 Å². The van der Waals surface area contributed by atoms with Gasteiger partial charge in [-0.05, 0) is 12.1 Å². The van der Waals surface area contributed by atoms with Crippen molar-refractivity contribution in [3.63, 3.8) is 0 Å². The first-order valence-corrected chi connectivity index (χ1v) is 7.75. The van der Waals surface area contributed by atoms with Gasteiger partial charge in [0, 0.05) is 19.8 Å². The van der Waals surface area contributed by atoms with E-state index in [9.17, 15) is 19.2 Å². The van der Waals surface area contributed by atoms with E-state index in [2.05, 4.69) is 10.6 Å². The molecule has 9 nitrogen and oxygen atoms in total. The third-order valence-electron chi connectivity index (χ3n) is 3.36. The third kappa shape index (κ3) is 5.07. The van der Waals surface area contributed by atoms with Crippen molar-refractivity contribution in [1.82, 2.24) is 10.2 Å². The van der Waals surface area contributed by atoms with Gasteiger partial charge in [0.15, 0.2) is 18.8 Å². The van der Waals surface area contributed by atoms with E-state index in [0.717, 1.165) is 0 Å². The molecule has 1 heterocycles. The molecule has 0 spiro atoms. The number of carbonyl (C=O) groups is 4. The quantitative estimate of drug-likeness (QED) is 0.504. The van der Waals surface area contributed by atoms with Gasteiger partial charge < -0.3 is 25.0 Å². The lowest BCUT2D eigenvalue weighted by atomic mass is 10.2. The van der Waals surface area contributed by atoms with E-state index in [4.69, 9.17) is 9.47 Å². The molecule has 138 valence electrons. The standard InChI is InChI=1S/C17H19N3O6/c1-20(2)14(23)8-18-13(22)10-26-17(24)15-12(21)9-25-16(15)19-11-6-4-3-5-7-11/h3-7,19H,8-10H2,1-2H3,(H,18,22). The van der Waals surface area contributed by atoms with Crippen LogP contribution in [0.25, 0.3) is 0 Å². The highest BCUT2D eigenvalue weighted by Crippen LogP contribution is 2.20. The van der Waals surface area contributed by atoms with Crippen LogP contribution in [0.4, 0.5) is 5.69 Å². The van der Waals surface area contributed by atoms with Gasteiger partial charge in [0.1, 0.15) is 0 Å². The zero-order valence-electron chi connectivity index (χ0n) is 14.4. The normalized spacial score (nSPS) is 13.1. The number of ketones is 1. The van der Waals surface area contributed by atoms with Crippen molar-refractivity contribution in [2.24, 2.45) is 0 Å². The molecule has 26 heavy (non-hydrogen) atoms. The summed E-state index contributed by atoms with van der Waals surface area (Å²) in [5, 5.41) is 5.14. The number of likely N-dealkylation sites (N-methyl/N-ethyl adjacent to an activating group) is 1. The number of para-hydroxylation sites is 1. The van der Waals surface area contributed by atoms with E-state index in [1.54, 1.807) is 38.4 Å². The highest BCUT2D eigenvalue weighted by Gasteiger charge is 2.32. The first-order chi connectivity index (χ1) is 12.4. The summed E-state index contributed by atoms with van der Waals surface area (Å²) in [7, 11) is 3.10. The van der Waals surface area contributed by atoms with E-state index in [1.165, 1.54) is 4.90 Å². The number of rotatable bonds is 7. The molecule has 9 heteroatoms. The van der Waals surface area contributed by atoms with Gasteiger partial charge in [-0.15, -0.1) is 0 Å². The molecule has 0 atom stereocenters. The predicted octanol–water partition coefficient (Wildman–Crippen LogP) is -0.343. The molecule has 0 bridgehead atoms. The first kappa shape index (κ1) is 19.0. The first-order valence-electron chi connectivity index (χ1n) is 7.75. The van der Waals surface area contributed by atoms with Crippen molar-refractivity contribution in [3.8, 4) is 0 Å². The number of esters is 1. The largest absolute Gasteiger partial charge is 0.470 e. The fourth-order valence-electron chi connectivity index (χ4n) is 1.95. The van der Waals surface area contributed by atoms with Crippen molar-refractivity contribution < 1.29 is 28.7 Å². The second-order valence-corrected chi connectivity index (χ2v) is 5.55. The summed E-state index contributed by atoms with van der Waals surface area (Å²) >= 11 is 0. The van der Waals surface area contributed by atoms with Crippen LogP contribution in [0.3, 0.4) is 0 Å². The van der Waals surface area contributed by atoms with Gasteiger partial charge in [-0.2, -0.15) is 0 Å². The summed E-state index contributed by atoms with van der Waals surface area (Å²) in [6.45, 7) is -1.12. The van der Waals surface area contributed by atoms with Crippen LogP contribution >= 0.6 is 0 Å². The summed E-state index contributed by atoms with van der Waals surface area (Å²) in [6, 6.07) is 8.83. The van der Waals surface area contributed by atoms with Gasteiger partial charge in [0.25, 0.3) is 5.91 Å². The van der Waals surface area contributed by atoms with Crippen LogP contribution in [-0.4, -0.2) is 62.3 Å². The Morgan fingerprint density at radius 3 is 2.54 bits per heavy atom. The average Bonchev–Trinajstić information content (AvgIpc) is 2.98. The van der Waals surface area contributed by atoms with Crippen LogP contribution < -0.4 is 10.6 Å². The van der Waals surface area contributed by atoms with Crippen molar-refractivity contribution in [1.29, 1.82) is 0 Å². The van der Waals surface area contributed by atoms with Crippen molar-refractivity contribution in [3.05, 3.63) is 41.8 Å². The molecule has 0 aromatic heterocycles. The maximum Gasteiger partial charge on any atom is 0.347 e. The van der Waals surface area contributed by atoms with Crippen LogP contribution in [0, 0.1) is 0 Å². The van der Waals surface area contributed by atoms with Crippen molar-refractivity contribution in [2.75, 3.05) is 39.2 Å². The number of nitrogens with zero attached hydrogens (tertiary/aromatic N) is 1. The highest BCUT2D eigenvalue weighted by molar-refractivity contribution is 6.20. The molecule has 1 aliphatic rings. The van der Waals surface area contributed by atoms with Crippen LogP contribution in [0.1, 0.15) is 0 Å². The number of carbonyl (C=O) groups excluding carboxylic acids is 4. The SMILES string of the molecule is CN(C)C(=O)CNC(=O)COC(=O)C1=C(Nc2ccccc2)OCC1=O. The summed E-state index contributed by atoms with van der Waals surface area (Å²) < 4.78 is 10.0. The number of anilines is 1. The van der Waals surface area contributed by atoms with Gasteiger partial charge in [0.2, 0.25) is 17.6 Å². The smallest absolute Gasteiger partial charge is 0.347 e.